The minimum Gasteiger partial charge on any atom is -0.332 e. The van der Waals surface area contributed by atoms with Gasteiger partial charge < -0.3 is 4.90 Å². The second kappa shape index (κ2) is 7.98. The standard InChI is InChI=1S/C21H19Cl2F3N4O/c1-11-4-3-5-12(2)29(11)20(31)18-17(23)19-27-15(13-6-8-14(22)9-7-13)10-16(21(24,25)26)30(19)28-18/h6-12H,3-5H2,1-2H3/t11-,12-/m1/s1. The van der Waals surface area contributed by atoms with Gasteiger partial charge in [0.2, 0.25) is 0 Å². The first-order chi connectivity index (χ1) is 14.6. The maximum Gasteiger partial charge on any atom is 0.433 e. The van der Waals surface area contributed by atoms with Crippen LogP contribution in [0.1, 0.15) is 49.3 Å². The topological polar surface area (TPSA) is 50.5 Å². The van der Waals surface area contributed by atoms with E-state index >= 15 is 0 Å². The van der Waals surface area contributed by atoms with E-state index < -0.39 is 17.8 Å². The fraction of sp³-hybridized carbons (Fsp3) is 0.381. The molecule has 1 amide bonds. The number of fused-ring (bicyclic) bond motifs is 1. The third-order valence-corrected chi connectivity index (χ3v) is 6.19. The van der Waals surface area contributed by atoms with E-state index in [1.165, 1.54) is 0 Å². The highest BCUT2D eigenvalue weighted by molar-refractivity contribution is 6.36. The third-order valence-electron chi connectivity index (χ3n) is 5.59. The Bertz CT molecular complexity index is 1130. The molecular formula is C21H19Cl2F3N4O. The van der Waals surface area contributed by atoms with Gasteiger partial charge in [0.1, 0.15) is 5.02 Å². The van der Waals surface area contributed by atoms with Crippen LogP contribution in [0, 0.1) is 0 Å². The Kier molecular flexibility index (Phi) is 5.64. The molecule has 0 N–H and O–H groups in total. The lowest BCUT2D eigenvalue weighted by atomic mass is 9.97. The van der Waals surface area contributed by atoms with E-state index in [0.29, 0.717) is 15.1 Å². The monoisotopic (exact) mass is 470 g/mol. The minimum absolute atomic E-state index is 0.0528. The van der Waals surface area contributed by atoms with E-state index in [1.54, 1.807) is 29.2 Å². The smallest absolute Gasteiger partial charge is 0.332 e. The van der Waals surface area contributed by atoms with Crippen molar-refractivity contribution >= 4 is 34.8 Å². The summed E-state index contributed by atoms with van der Waals surface area (Å²) in [6, 6.07) is 7.02. The number of carbonyl (C=O) groups is 1. The van der Waals surface area contributed by atoms with Crippen molar-refractivity contribution in [3.63, 3.8) is 0 Å². The molecule has 0 radical (unpaired) electrons. The number of likely N-dealkylation sites (tertiary alicyclic amines) is 1. The zero-order valence-corrected chi connectivity index (χ0v) is 18.3. The molecule has 1 saturated heterocycles. The molecule has 0 saturated carbocycles. The van der Waals surface area contributed by atoms with Gasteiger partial charge in [-0.05, 0) is 51.3 Å². The molecular weight excluding hydrogens is 452 g/mol. The summed E-state index contributed by atoms with van der Waals surface area (Å²) < 4.78 is 42.2. The number of carbonyl (C=O) groups excluding carboxylic acids is 1. The number of benzene rings is 1. The van der Waals surface area contributed by atoms with E-state index in [0.717, 1.165) is 25.3 Å². The molecule has 4 rings (SSSR count). The summed E-state index contributed by atoms with van der Waals surface area (Å²) in [5.74, 6) is -0.489. The van der Waals surface area contributed by atoms with Crippen molar-refractivity contribution in [2.24, 2.45) is 0 Å². The summed E-state index contributed by atoms with van der Waals surface area (Å²) in [7, 11) is 0. The number of hydrogen-bond donors (Lipinski definition) is 0. The molecule has 1 fully saturated rings. The van der Waals surface area contributed by atoms with Gasteiger partial charge in [0, 0.05) is 22.7 Å². The van der Waals surface area contributed by atoms with Crippen LogP contribution in [-0.4, -0.2) is 37.5 Å². The van der Waals surface area contributed by atoms with Crippen molar-refractivity contribution in [3.8, 4) is 11.3 Å². The Balaban J connectivity index is 1.89. The van der Waals surface area contributed by atoms with Gasteiger partial charge in [-0.1, -0.05) is 35.3 Å². The van der Waals surface area contributed by atoms with Gasteiger partial charge in [-0.15, -0.1) is 0 Å². The average Bonchev–Trinajstić information content (AvgIpc) is 3.03. The number of alkyl halides is 3. The quantitative estimate of drug-likeness (QED) is 0.452. The van der Waals surface area contributed by atoms with Crippen molar-refractivity contribution in [1.82, 2.24) is 19.5 Å². The molecule has 2 atom stereocenters. The van der Waals surface area contributed by atoms with Crippen LogP contribution in [-0.2, 0) is 6.18 Å². The number of rotatable bonds is 2. The molecule has 164 valence electrons. The summed E-state index contributed by atoms with van der Waals surface area (Å²) >= 11 is 12.3. The maximum absolute atomic E-state index is 13.9. The van der Waals surface area contributed by atoms with E-state index in [1.807, 2.05) is 13.8 Å². The molecule has 10 heteroatoms. The summed E-state index contributed by atoms with van der Waals surface area (Å²) in [6.45, 7) is 3.82. The predicted molar refractivity (Wildman–Crippen MR) is 112 cm³/mol. The Morgan fingerprint density at radius 3 is 2.29 bits per heavy atom. The lowest BCUT2D eigenvalue weighted by molar-refractivity contribution is -0.142. The fourth-order valence-corrected chi connectivity index (χ4v) is 4.41. The SMILES string of the molecule is C[C@@H]1CCC[C@@H](C)N1C(=O)c1nn2c(C(F)(F)F)cc(-c3ccc(Cl)cc3)nc2c1Cl. The van der Waals surface area contributed by atoms with Crippen LogP contribution >= 0.6 is 23.2 Å². The highest BCUT2D eigenvalue weighted by atomic mass is 35.5. The average molecular weight is 471 g/mol. The number of nitrogens with zero attached hydrogens (tertiary/aromatic N) is 4. The molecule has 3 heterocycles. The minimum atomic E-state index is -4.73. The lowest BCUT2D eigenvalue weighted by Crippen LogP contribution is -2.47. The van der Waals surface area contributed by atoms with E-state index in [9.17, 15) is 18.0 Å². The number of amides is 1. The summed E-state index contributed by atoms with van der Waals surface area (Å²) in [5, 5.41) is 4.21. The molecule has 31 heavy (non-hydrogen) atoms. The first kappa shape index (κ1) is 21.9. The van der Waals surface area contributed by atoms with Crippen LogP contribution in [0.5, 0.6) is 0 Å². The van der Waals surface area contributed by atoms with Crippen LogP contribution in [0.3, 0.4) is 0 Å². The number of aromatic nitrogens is 3. The largest absolute Gasteiger partial charge is 0.433 e. The van der Waals surface area contributed by atoms with Crippen LogP contribution in [0.4, 0.5) is 13.2 Å². The molecule has 0 aliphatic carbocycles. The van der Waals surface area contributed by atoms with Crippen LogP contribution in [0.15, 0.2) is 30.3 Å². The number of piperidine rings is 1. The summed E-state index contributed by atoms with van der Waals surface area (Å²) in [5.41, 5.74) is -1.03. The number of hydrogen-bond acceptors (Lipinski definition) is 3. The van der Waals surface area contributed by atoms with Crippen LogP contribution in [0.2, 0.25) is 10.0 Å². The predicted octanol–water partition coefficient (Wildman–Crippen LogP) is 6.13. The molecule has 0 spiro atoms. The normalized spacial score (nSPS) is 19.8. The first-order valence-corrected chi connectivity index (χ1v) is 10.6. The van der Waals surface area contributed by atoms with E-state index in [-0.39, 0.29) is 34.1 Å². The molecule has 5 nitrogen and oxygen atoms in total. The van der Waals surface area contributed by atoms with Crippen molar-refractivity contribution in [2.75, 3.05) is 0 Å². The molecule has 0 bridgehead atoms. The second-order valence-corrected chi connectivity index (χ2v) is 8.59. The first-order valence-electron chi connectivity index (χ1n) is 9.83. The molecule has 2 aromatic heterocycles. The molecule has 1 aromatic carbocycles. The van der Waals surface area contributed by atoms with Crippen molar-refractivity contribution < 1.29 is 18.0 Å². The highest BCUT2D eigenvalue weighted by Crippen LogP contribution is 2.35. The highest BCUT2D eigenvalue weighted by Gasteiger charge is 2.38. The Morgan fingerprint density at radius 2 is 1.71 bits per heavy atom. The second-order valence-electron chi connectivity index (χ2n) is 7.77. The molecule has 0 unspecified atom stereocenters. The van der Waals surface area contributed by atoms with Gasteiger partial charge in [-0.2, -0.15) is 18.3 Å². The van der Waals surface area contributed by atoms with Crippen molar-refractivity contribution in [3.05, 3.63) is 51.8 Å². The van der Waals surface area contributed by atoms with Gasteiger partial charge in [0.15, 0.2) is 17.0 Å². The molecule has 1 aliphatic heterocycles. The fourth-order valence-electron chi connectivity index (χ4n) is 4.04. The van der Waals surface area contributed by atoms with E-state index in [2.05, 4.69) is 10.1 Å². The van der Waals surface area contributed by atoms with Crippen molar-refractivity contribution in [1.29, 1.82) is 0 Å². The summed E-state index contributed by atoms with van der Waals surface area (Å²) in [6.07, 6.45) is -2.12. The lowest BCUT2D eigenvalue weighted by Gasteiger charge is -2.38. The van der Waals surface area contributed by atoms with Gasteiger partial charge in [0.25, 0.3) is 5.91 Å². The van der Waals surface area contributed by atoms with Crippen molar-refractivity contribution in [2.45, 2.75) is 51.4 Å². The van der Waals surface area contributed by atoms with Gasteiger partial charge in [0.05, 0.1) is 5.69 Å². The van der Waals surface area contributed by atoms with Gasteiger partial charge in [-0.25, -0.2) is 9.50 Å². The molecule has 3 aromatic rings. The van der Waals surface area contributed by atoms with E-state index in [4.69, 9.17) is 23.2 Å². The van der Waals surface area contributed by atoms with Crippen LogP contribution < -0.4 is 0 Å². The van der Waals surface area contributed by atoms with Crippen LogP contribution in [0.25, 0.3) is 16.9 Å². The Morgan fingerprint density at radius 1 is 1.10 bits per heavy atom. The summed E-state index contributed by atoms with van der Waals surface area (Å²) in [4.78, 5) is 19.1. The van der Waals surface area contributed by atoms with Gasteiger partial charge in [-0.3, -0.25) is 4.79 Å². The van der Waals surface area contributed by atoms with Gasteiger partial charge >= 0.3 is 6.18 Å². The third kappa shape index (κ3) is 3.99. The zero-order chi connectivity index (χ0) is 22.5. The molecule has 1 aliphatic rings. The maximum atomic E-state index is 13.9. The number of halogens is 5. The Labute approximate surface area is 186 Å². The zero-order valence-electron chi connectivity index (χ0n) is 16.7. The Hall–Kier alpha value is -2.32.